The highest BCUT2D eigenvalue weighted by atomic mass is 16.6. The van der Waals surface area contributed by atoms with Crippen LogP contribution < -0.4 is 0 Å². The lowest BCUT2D eigenvalue weighted by molar-refractivity contribution is -0.188. The Morgan fingerprint density at radius 1 is 0.939 bits per heavy atom. The van der Waals surface area contributed by atoms with Crippen LogP contribution in [0.5, 0.6) is 0 Å². The van der Waals surface area contributed by atoms with Crippen LogP contribution in [0.2, 0.25) is 0 Å². The summed E-state index contributed by atoms with van der Waals surface area (Å²) in [6.45, 7) is 16.1. The highest BCUT2D eigenvalue weighted by Crippen LogP contribution is 2.54. The first-order valence-corrected chi connectivity index (χ1v) is 13.5. The SMILES string of the molecule is CC(=O)[C@]1(O)C(C)=C(C)C(=O)[C@@]12CC[C@@](C)(CCC[C@H](C)CCC[C@H](C)CCCC(C)C)O2. The summed E-state index contributed by atoms with van der Waals surface area (Å²) >= 11 is 0. The number of aliphatic hydroxyl groups is 1. The van der Waals surface area contributed by atoms with Crippen molar-refractivity contribution in [3.05, 3.63) is 11.1 Å². The van der Waals surface area contributed by atoms with Gasteiger partial charge in [0.25, 0.3) is 0 Å². The molecule has 4 heteroatoms. The molecule has 0 aromatic rings. The lowest BCUT2D eigenvalue weighted by Gasteiger charge is -2.39. The number of ketones is 2. The fourth-order valence-corrected chi connectivity index (χ4v) is 6.12. The minimum atomic E-state index is -1.83. The van der Waals surface area contributed by atoms with Gasteiger partial charge in [0, 0.05) is 0 Å². The minimum absolute atomic E-state index is 0.211. The number of ether oxygens (including phenoxy) is 1. The molecule has 33 heavy (non-hydrogen) atoms. The van der Waals surface area contributed by atoms with Gasteiger partial charge in [0.15, 0.2) is 22.8 Å². The maximum atomic E-state index is 13.1. The van der Waals surface area contributed by atoms with Crippen LogP contribution in [0.15, 0.2) is 11.1 Å². The van der Waals surface area contributed by atoms with E-state index in [1.54, 1.807) is 13.8 Å². The summed E-state index contributed by atoms with van der Waals surface area (Å²) in [5.74, 6) is 1.70. The predicted octanol–water partition coefficient (Wildman–Crippen LogP) is 6.97. The summed E-state index contributed by atoms with van der Waals surface area (Å²) in [5.41, 5.74) is -2.81. The Hall–Kier alpha value is -1.00. The third kappa shape index (κ3) is 5.99. The smallest absolute Gasteiger partial charge is 0.194 e. The van der Waals surface area contributed by atoms with Crippen molar-refractivity contribution in [2.45, 2.75) is 143 Å². The summed E-state index contributed by atoms with van der Waals surface area (Å²) in [5, 5.41) is 11.3. The first-order chi connectivity index (χ1) is 15.3. The molecule has 4 nitrogen and oxygen atoms in total. The van der Waals surface area contributed by atoms with Crippen LogP contribution in [0.3, 0.4) is 0 Å². The molecule has 0 unspecified atom stereocenters. The summed E-state index contributed by atoms with van der Waals surface area (Å²) < 4.78 is 6.41. The number of rotatable bonds is 13. The maximum Gasteiger partial charge on any atom is 0.194 e. The van der Waals surface area contributed by atoms with Crippen LogP contribution in [0.4, 0.5) is 0 Å². The average molecular weight is 463 g/mol. The lowest BCUT2D eigenvalue weighted by Crippen LogP contribution is -2.60. The summed E-state index contributed by atoms with van der Waals surface area (Å²) in [6, 6.07) is 0. The second-order valence-corrected chi connectivity index (χ2v) is 12.1. The number of carbonyl (C=O) groups excluding carboxylic acids is 2. The molecule has 0 saturated carbocycles. The van der Waals surface area contributed by atoms with Crippen molar-refractivity contribution < 1.29 is 19.4 Å². The van der Waals surface area contributed by atoms with Crippen molar-refractivity contribution in [3.63, 3.8) is 0 Å². The van der Waals surface area contributed by atoms with Gasteiger partial charge in [-0.1, -0.05) is 79.1 Å². The molecular weight excluding hydrogens is 412 g/mol. The fraction of sp³-hybridized carbons (Fsp3) is 0.862. The Kier molecular flexibility index (Phi) is 9.55. The Morgan fingerprint density at radius 2 is 1.45 bits per heavy atom. The van der Waals surface area contributed by atoms with E-state index in [1.807, 2.05) is 6.92 Å². The van der Waals surface area contributed by atoms with Gasteiger partial charge in [-0.05, 0) is 75.9 Å². The Morgan fingerprint density at radius 3 is 1.97 bits per heavy atom. The van der Waals surface area contributed by atoms with Gasteiger partial charge in [-0.2, -0.15) is 0 Å². The summed E-state index contributed by atoms with van der Waals surface area (Å²) in [4.78, 5) is 25.6. The molecule has 0 bridgehead atoms. The third-order valence-electron chi connectivity index (χ3n) is 8.61. The van der Waals surface area contributed by atoms with Gasteiger partial charge >= 0.3 is 0 Å². The molecule has 0 amide bonds. The van der Waals surface area contributed by atoms with Crippen molar-refractivity contribution >= 4 is 11.6 Å². The molecule has 2 aliphatic rings. The van der Waals surface area contributed by atoms with Crippen LogP contribution in [0.1, 0.15) is 126 Å². The molecule has 5 atom stereocenters. The Labute approximate surface area is 202 Å². The summed E-state index contributed by atoms with van der Waals surface area (Å²) in [7, 11) is 0. The molecule has 1 aliphatic heterocycles. The van der Waals surface area contributed by atoms with Gasteiger partial charge in [-0.15, -0.1) is 0 Å². The Bertz CT molecular complexity index is 738. The van der Waals surface area contributed by atoms with Crippen molar-refractivity contribution in [2.24, 2.45) is 17.8 Å². The van der Waals surface area contributed by atoms with Crippen LogP contribution in [0, 0.1) is 17.8 Å². The van der Waals surface area contributed by atoms with E-state index in [0.717, 1.165) is 31.1 Å². The van der Waals surface area contributed by atoms with Gasteiger partial charge < -0.3 is 9.84 Å². The number of carbonyl (C=O) groups is 2. The fourth-order valence-electron chi connectivity index (χ4n) is 6.12. The zero-order chi connectivity index (χ0) is 25.0. The first-order valence-electron chi connectivity index (χ1n) is 13.5. The molecule has 1 N–H and O–H groups in total. The molecule has 0 aromatic heterocycles. The second kappa shape index (κ2) is 11.2. The normalized spacial score (nSPS) is 31.8. The van der Waals surface area contributed by atoms with Crippen LogP contribution >= 0.6 is 0 Å². The zero-order valence-corrected chi connectivity index (χ0v) is 22.7. The molecule has 1 fully saturated rings. The molecular formula is C29H50O4. The molecule has 1 saturated heterocycles. The van der Waals surface area contributed by atoms with E-state index in [2.05, 4.69) is 27.7 Å². The van der Waals surface area contributed by atoms with Crippen LogP contribution in [-0.4, -0.2) is 33.5 Å². The molecule has 0 aromatic carbocycles. The van der Waals surface area contributed by atoms with Crippen molar-refractivity contribution in [2.75, 3.05) is 0 Å². The van der Waals surface area contributed by atoms with Gasteiger partial charge in [0.2, 0.25) is 0 Å². The first kappa shape index (κ1) is 28.2. The van der Waals surface area contributed by atoms with Gasteiger partial charge in [-0.25, -0.2) is 0 Å². The third-order valence-corrected chi connectivity index (χ3v) is 8.61. The van der Waals surface area contributed by atoms with Crippen molar-refractivity contribution in [1.29, 1.82) is 0 Å². The predicted molar refractivity (Wildman–Crippen MR) is 135 cm³/mol. The topological polar surface area (TPSA) is 63.6 Å². The quantitative estimate of drug-likeness (QED) is 0.321. The minimum Gasteiger partial charge on any atom is -0.374 e. The van der Waals surface area contributed by atoms with Gasteiger partial charge in [-0.3, -0.25) is 9.59 Å². The molecule has 1 aliphatic carbocycles. The van der Waals surface area contributed by atoms with E-state index >= 15 is 0 Å². The second-order valence-electron chi connectivity index (χ2n) is 12.1. The van der Waals surface area contributed by atoms with Crippen molar-refractivity contribution in [3.8, 4) is 0 Å². The largest absolute Gasteiger partial charge is 0.374 e. The lowest BCUT2D eigenvalue weighted by atomic mass is 9.77. The van der Waals surface area contributed by atoms with Gasteiger partial charge in [0.05, 0.1) is 5.60 Å². The maximum absolute atomic E-state index is 13.1. The highest BCUT2D eigenvalue weighted by Gasteiger charge is 2.69. The van der Waals surface area contributed by atoms with E-state index < -0.39 is 22.6 Å². The highest BCUT2D eigenvalue weighted by molar-refractivity contribution is 6.14. The molecule has 1 spiro atoms. The molecule has 0 radical (unpaired) electrons. The zero-order valence-electron chi connectivity index (χ0n) is 22.7. The standard InChI is InChI=1S/C29H50O4/c1-20(2)12-9-13-21(3)14-10-15-22(4)16-11-17-27(8)18-19-28(33-27)26(31)23(5)24(6)29(28,32)25(7)30/h20-22,32H,9-19H2,1-8H3/t21-,22-,27-,28+,29-/m1/s1. The molecule has 1 heterocycles. The van der Waals surface area contributed by atoms with Gasteiger partial charge in [0.1, 0.15) is 0 Å². The number of Topliss-reactive ketones (excluding diaryl/α,β-unsaturated/α-hetero) is 2. The molecule has 2 rings (SSSR count). The molecule has 190 valence electrons. The number of hydrogen-bond acceptors (Lipinski definition) is 4. The van der Waals surface area contributed by atoms with Crippen LogP contribution in [0.25, 0.3) is 0 Å². The van der Waals surface area contributed by atoms with E-state index in [0.29, 0.717) is 29.9 Å². The summed E-state index contributed by atoms with van der Waals surface area (Å²) in [6.07, 6.45) is 12.1. The number of hydrogen-bond donors (Lipinski definition) is 1. The van der Waals surface area contributed by atoms with E-state index in [-0.39, 0.29) is 5.78 Å². The van der Waals surface area contributed by atoms with Crippen molar-refractivity contribution in [1.82, 2.24) is 0 Å². The van der Waals surface area contributed by atoms with E-state index in [4.69, 9.17) is 4.74 Å². The van der Waals surface area contributed by atoms with Crippen LogP contribution in [-0.2, 0) is 14.3 Å². The monoisotopic (exact) mass is 462 g/mol. The van der Waals surface area contributed by atoms with E-state index in [9.17, 15) is 14.7 Å². The average Bonchev–Trinajstić information content (AvgIpc) is 3.15. The van der Waals surface area contributed by atoms with E-state index in [1.165, 1.54) is 45.4 Å². The Balaban J connectivity index is 1.80.